The van der Waals surface area contributed by atoms with E-state index in [4.69, 9.17) is 4.74 Å². The smallest absolute Gasteiger partial charge is 0.417 e. The van der Waals surface area contributed by atoms with E-state index in [1.54, 1.807) is 24.3 Å². The molecule has 0 unspecified atom stereocenters. The van der Waals surface area contributed by atoms with Crippen molar-refractivity contribution in [3.05, 3.63) is 59.7 Å². The fourth-order valence-electron chi connectivity index (χ4n) is 3.08. The molecule has 0 aromatic heterocycles. The molecule has 0 saturated heterocycles. The Labute approximate surface area is 164 Å². The first kappa shape index (κ1) is 20.4. The summed E-state index contributed by atoms with van der Waals surface area (Å²) in [6.07, 6.45) is -4.74. The second kappa shape index (κ2) is 7.23. The van der Waals surface area contributed by atoms with E-state index in [1.165, 1.54) is 24.8 Å². The van der Waals surface area contributed by atoms with E-state index in [1.807, 2.05) is 0 Å². The predicted molar refractivity (Wildman–Crippen MR) is 98.4 cm³/mol. The molecule has 2 amide bonds. The number of nitrogens with one attached hydrogen (secondary N) is 1. The van der Waals surface area contributed by atoms with Gasteiger partial charge in [-0.05, 0) is 38.1 Å². The number of alkyl halides is 3. The van der Waals surface area contributed by atoms with Crippen LogP contribution in [0.3, 0.4) is 0 Å². The highest BCUT2D eigenvalue weighted by atomic mass is 19.4. The molecule has 2 aromatic carbocycles. The first-order valence-corrected chi connectivity index (χ1v) is 8.60. The number of anilines is 2. The second-order valence-corrected chi connectivity index (χ2v) is 6.88. The zero-order valence-electron chi connectivity index (χ0n) is 15.5. The fourth-order valence-corrected chi connectivity index (χ4v) is 3.08. The van der Waals surface area contributed by atoms with E-state index in [9.17, 15) is 27.6 Å². The molecule has 0 spiro atoms. The fraction of sp³-hybridized carbons (Fsp3) is 0.250. The lowest BCUT2D eigenvalue weighted by molar-refractivity contribution is -0.138. The largest absolute Gasteiger partial charge is 0.452 e. The molecule has 1 N–H and O–H groups in total. The molecule has 3 rings (SSSR count). The normalized spacial score (nSPS) is 15.3. The molecule has 0 atom stereocenters. The number of hydrogen-bond donors (Lipinski definition) is 1. The highest BCUT2D eigenvalue weighted by Crippen LogP contribution is 2.37. The highest BCUT2D eigenvalue weighted by molar-refractivity contribution is 6.14. The molecule has 1 heterocycles. The summed E-state index contributed by atoms with van der Waals surface area (Å²) in [5.41, 5.74) is -2.33. The van der Waals surface area contributed by atoms with Gasteiger partial charge in [0, 0.05) is 0 Å². The Kier molecular flexibility index (Phi) is 5.08. The van der Waals surface area contributed by atoms with Gasteiger partial charge in [-0.15, -0.1) is 0 Å². The lowest BCUT2D eigenvalue weighted by atomic mass is 9.96. The van der Waals surface area contributed by atoms with Gasteiger partial charge < -0.3 is 10.1 Å². The number of halogens is 3. The SMILES string of the molecule is CC1(C)C(=O)Nc2ccccc2N1C(=O)COC(=O)c1ccccc1C(F)(F)F. The molecule has 0 fully saturated rings. The molecule has 0 radical (unpaired) electrons. The van der Waals surface area contributed by atoms with Gasteiger partial charge in [-0.3, -0.25) is 14.5 Å². The highest BCUT2D eigenvalue weighted by Gasteiger charge is 2.44. The molecule has 29 heavy (non-hydrogen) atoms. The summed E-state index contributed by atoms with van der Waals surface area (Å²) in [5.74, 6) is -2.47. The van der Waals surface area contributed by atoms with Gasteiger partial charge in [-0.2, -0.15) is 13.2 Å². The van der Waals surface area contributed by atoms with Crippen molar-refractivity contribution in [2.75, 3.05) is 16.8 Å². The number of nitrogens with zero attached hydrogens (tertiary/aromatic N) is 1. The minimum absolute atomic E-state index is 0.397. The van der Waals surface area contributed by atoms with Crippen LogP contribution in [0.4, 0.5) is 24.5 Å². The van der Waals surface area contributed by atoms with Crippen molar-refractivity contribution in [2.24, 2.45) is 0 Å². The van der Waals surface area contributed by atoms with Gasteiger partial charge in [-0.25, -0.2) is 4.79 Å². The van der Waals surface area contributed by atoms with Gasteiger partial charge in [0.2, 0.25) is 5.91 Å². The predicted octanol–water partition coefficient (Wildman–Crippen LogP) is 3.63. The number of amides is 2. The number of carbonyl (C=O) groups is 3. The number of rotatable bonds is 3. The Morgan fingerprint density at radius 2 is 1.69 bits per heavy atom. The molecule has 6 nitrogen and oxygen atoms in total. The summed E-state index contributed by atoms with van der Waals surface area (Å²) >= 11 is 0. The molecule has 2 aromatic rings. The van der Waals surface area contributed by atoms with E-state index >= 15 is 0 Å². The van der Waals surface area contributed by atoms with E-state index < -0.39 is 47.2 Å². The number of benzene rings is 2. The molecule has 0 bridgehead atoms. The van der Waals surface area contributed by atoms with E-state index in [0.29, 0.717) is 11.4 Å². The van der Waals surface area contributed by atoms with Gasteiger partial charge in [-0.1, -0.05) is 24.3 Å². The second-order valence-electron chi connectivity index (χ2n) is 6.88. The molecular weight excluding hydrogens is 389 g/mol. The monoisotopic (exact) mass is 406 g/mol. The number of ether oxygens (including phenoxy) is 1. The number of carbonyl (C=O) groups excluding carboxylic acids is 3. The quantitative estimate of drug-likeness (QED) is 0.790. The van der Waals surface area contributed by atoms with Crippen LogP contribution in [0.2, 0.25) is 0 Å². The maximum absolute atomic E-state index is 13.1. The van der Waals surface area contributed by atoms with Crippen LogP contribution in [0.5, 0.6) is 0 Å². The van der Waals surface area contributed by atoms with Crippen LogP contribution >= 0.6 is 0 Å². The molecule has 9 heteroatoms. The molecule has 152 valence electrons. The minimum atomic E-state index is -4.74. The molecule has 0 aliphatic carbocycles. The Morgan fingerprint density at radius 1 is 1.07 bits per heavy atom. The third-order valence-electron chi connectivity index (χ3n) is 4.54. The van der Waals surface area contributed by atoms with Crippen molar-refractivity contribution in [1.29, 1.82) is 0 Å². The van der Waals surface area contributed by atoms with E-state index in [-0.39, 0.29) is 0 Å². The lowest BCUT2D eigenvalue weighted by Gasteiger charge is -2.41. The van der Waals surface area contributed by atoms with Crippen LogP contribution in [0.1, 0.15) is 29.8 Å². The van der Waals surface area contributed by atoms with Gasteiger partial charge >= 0.3 is 12.1 Å². The summed E-state index contributed by atoms with van der Waals surface area (Å²) < 4.78 is 44.1. The molecule has 1 aliphatic heterocycles. The Bertz CT molecular complexity index is 986. The van der Waals surface area contributed by atoms with Gasteiger partial charge in [0.05, 0.1) is 22.5 Å². The van der Waals surface area contributed by atoms with Crippen LogP contribution in [0.25, 0.3) is 0 Å². The number of esters is 1. The molecule has 0 saturated carbocycles. The van der Waals surface area contributed by atoms with Crippen molar-refractivity contribution in [1.82, 2.24) is 0 Å². The van der Waals surface area contributed by atoms with E-state index in [2.05, 4.69) is 5.32 Å². The Morgan fingerprint density at radius 3 is 2.38 bits per heavy atom. The van der Waals surface area contributed by atoms with Crippen LogP contribution in [-0.2, 0) is 20.5 Å². The average Bonchev–Trinajstić information content (AvgIpc) is 2.66. The maximum Gasteiger partial charge on any atom is 0.417 e. The van der Waals surface area contributed by atoms with Crippen molar-refractivity contribution >= 4 is 29.2 Å². The first-order valence-electron chi connectivity index (χ1n) is 8.60. The summed E-state index contributed by atoms with van der Waals surface area (Å²) in [4.78, 5) is 38.5. The van der Waals surface area contributed by atoms with Crippen LogP contribution in [-0.4, -0.2) is 29.9 Å². The summed E-state index contributed by atoms with van der Waals surface area (Å²) in [5, 5.41) is 2.68. The van der Waals surface area contributed by atoms with Gasteiger partial charge in [0.25, 0.3) is 5.91 Å². The third-order valence-corrected chi connectivity index (χ3v) is 4.54. The van der Waals surface area contributed by atoms with Crippen molar-refractivity contribution in [3.63, 3.8) is 0 Å². The third kappa shape index (κ3) is 3.80. The average molecular weight is 406 g/mol. The Hall–Kier alpha value is -3.36. The summed E-state index contributed by atoms with van der Waals surface area (Å²) in [6, 6.07) is 10.7. The maximum atomic E-state index is 13.1. The minimum Gasteiger partial charge on any atom is -0.452 e. The zero-order chi connectivity index (χ0) is 21.4. The topological polar surface area (TPSA) is 75.7 Å². The summed E-state index contributed by atoms with van der Waals surface area (Å²) in [6.45, 7) is 2.20. The Balaban J connectivity index is 1.83. The summed E-state index contributed by atoms with van der Waals surface area (Å²) in [7, 11) is 0. The van der Waals surface area contributed by atoms with Gasteiger partial charge in [0.1, 0.15) is 5.54 Å². The van der Waals surface area contributed by atoms with Crippen LogP contribution < -0.4 is 10.2 Å². The van der Waals surface area contributed by atoms with Crippen molar-refractivity contribution in [3.8, 4) is 0 Å². The van der Waals surface area contributed by atoms with Crippen molar-refractivity contribution in [2.45, 2.75) is 25.6 Å². The van der Waals surface area contributed by atoms with Crippen LogP contribution in [0, 0.1) is 0 Å². The van der Waals surface area contributed by atoms with E-state index in [0.717, 1.165) is 18.2 Å². The van der Waals surface area contributed by atoms with Gasteiger partial charge in [0.15, 0.2) is 6.61 Å². The lowest BCUT2D eigenvalue weighted by Crippen LogP contribution is -2.59. The zero-order valence-corrected chi connectivity index (χ0v) is 15.5. The van der Waals surface area contributed by atoms with Crippen molar-refractivity contribution < 1.29 is 32.3 Å². The number of hydrogen-bond acceptors (Lipinski definition) is 4. The first-order chi connectivity index (χ1) is 13.5. The standard InChI is InChI=1S/C20H17F3N2O4/c1-19(2)18(28)24-14-9-5-6-10-15(14)25(19)16(26)11-29-17(27)12-7-3-4-8-13(12)20(21,22)23/h3-10H,11H2,1-2H3,(H,24,28). The molecular formula is C20H17F3N2O4. The number of fused-ring (bicyclic) bond motifs is 1. The number of para-hydroxylation sites is 2. The molecule has 1 aliphatic rings. The van der Waals surface area contributed by atoms with Crippen LogP contribution in [0.15, 0.2) is 48.5 Å².